The number of rotatable bonds is 3. The number of fused-ring (bicyclic) bond motifs is 1. The van der Waals surface area contributed by atoms with Crippen LogP contribution in [-0.4, -0.2) is 15.5 Å². The Balaban J connectivity index is 1.66. The van der Waals surface area contributed by atoms with Gasteiger partial charge >= 0.3 is 0 Å². The van der Waals surface area contributed by atoms with E-state index in [1.165, 1.54) is 12.8 Å². The molecule has 1 N–H and O–H groups in total. The number of carbonyl (C=O) groups excluding carboxylic acids is 1. The van der Waals surface area contributed by atoms with E-state index in [1.807, 2.05) is 31.2 Å². The summed E-state index contributed by atoms with van der Waals surface area (Å²) >= 11 is 0. The van der Waals surface area contributed by atoms with Crippen molar-refractivity contribution in [3.05, 3.63) is 59.4 Å². The van der Waals surface area contributed by atoms with Crippen molar-refractivity contribution >= 4 is 11.6 Å². The van der Waals surface area contributed by atoms with Crippen molar-refractivity contribution in [1.29, 1.82) is 0 Å². The Morgan fingerprint density at radius 1 is 1.24 bits per heavy atom. The maximum Gasteiger partial charge on any atom is 0.259 e. The van der Waals surface area contributed by atoms with Crippen LogP contribution in [0, 0.1) is 13.8 Å². The van der Waals surface area contributed by atoms with Gasteiger partial charge in [0.15, 0.2) is 0 Å². The molecule has 5 heteroatoms. The average molecular weight is 335 g/mol. The molecule has 128 valence electrons. The molecule has 0 atom stereocenters. The summed E-state index contributed by atoms with van der Waals surface area (Å²) in [6, 6.07) is 9.56. The van der Waals surface area contributed by atoms with E-state index in [2.05, 4.69) is 16.1 Å². The van der Waals surface area contributed by atoms with Gasteiger partial charge in [0.2, 0.25) is 0 Å². The van der Waals surface area contributed by atoms with Gasteiger partial charge in [0.1, 0.15) is 17.3 Å². The van der Waals surface area contributed by atoms with Crippen molar-refractivity contribution in [1.82, 2.24) is 9.55 Å². The van der Waals surface area contributed by atoms with Crippen LogP contribution in [0.3, 0.4) is 0 Å². The fourth-order valence-corrected chi connectivity index (χ4v) is 3.40. The minimum Gasteiger partial charge on any atom is -0.466 e. The van der Waals surface area contributed by atoms with Crippen LogP contribution in [0.25, 0.3) is 11.3 Å². The van der Waals surface area contributed by atoms with E-state index in [0.29, 0.717) is 11.3 Å². The predicted octanol–water partition coefficient (Wildman–Crippen LogP) is 4.35. The standard InChI is InChI=1S/C20H21N3O2/c1-13-11-16(14(2)25-13)20(24)22-17-8-4-3-7-15(17)18-12-23-10-6-5-9-19(23)21-18/h3-4,7-8,11-12H,5-6,9-10H2,1-2H3,(H,22,24). The molecule has 1 amide bonds. The third kappa shape index (κ3) is 2.97. The summed E-state index contributed by atoms with van der Waals surface area (Å²) in [6.07, 6.45) is 5.49. The zero-order chi connectivity index (χ0) is 17.4. The lowest BCUT2D eigenvalue weighted by molar-refractivity contribution is 0.102. The van der Waals surface area contributed by atoms with Gasteiger partial charge in [-0.05, 0) is 38.8 Å². The molecule has 0 spiro atoms. The molecule has 5 nitrogen and oxygen atoms in total. The molecule has 3 heterocycles. The van der Waals surface area contributed by atoms with E-state index in [-0.39, 0.29) is 5.91 Å². The number of hydrogen-bond donors (Lipinski definition) is 1. The molecule has 4 rings (SSSR count). The minimum absolute atomic E-state index is 0.161. The number of aromatic nitrogens is 2. The average Bonchev–Trinajstić information content (AvgIpc) is 3.18. The molecule has 0 aliphatic carbocycles. The number of nitrogens with zero attached hydrogens (tertiary/aromatic N) is 2. The molecule has 1 aliphatic rings. The third-order valence-electron chi connectivity index (χ3n) is 4.65. The molecule has 0 saturated carbocycles. The van der Waals surface area contributed by atoms with Gasteiger partial charge in [-0.15, -0.1) is 0 Å². The summed E-state index contributed by atoms with van der Waals surface area (Å²) in [6.45, 7) is 4.66. The van der Waals surface area contributed by atoms with Gasteiger partial charge in [-0.2, -0.15) is 0 Å². The Bertz CT molecular complexity index is 913. The predicted molar refractivity (Wildman–Crippen MR) is 96.7 cm³/mol. The van der Waals surface area contributed by atoms with Crippen molar-refractivity contribution in [2.75, 3.05) is 5.32 Å². The van der Waals surface area contributed by atoms with Crippen LogP contribution in [-0.2, 0) is 13.0 Å². The fourth-order valence-electron chi connectivity index (χ4n) is 3.40. The van der Waals surface area contributed by atoms with Crippen LogP contribution in [0.4, 0.5) is 5.69 Å². The van der Waals surface area contributed by atoms with Crippen molar-refractivity contribution in [3.63, 3.8) is 0 Å². The van der Waals surface area contributed by atoms with Crippen molar-refractivity contribution in [2.45, 2.75) is 39.7 Å². The fraction of sp³-hybridized carbons (Fsp3) is 0.300. The topological polar surface area (TPSA) is 60.1 Å². The van der Waals surface area contributed by atoms with E-state index in [9.17, 15) is 4.79 Å². The number of hydrogen-bond acceptors (Lipinski definition) is 3. The van der Waals surface area contributed by atoms with Crippen LogP contribution >= 0.6 is 0 Å². The lowest BCUT2D eigenvalue weighted by Gasteiger charge is -2.11. The number of carbonyl (C=O) groups is 1. The molecule has 0 radical (unpaired) electrons. The summed E-state index contributed by atoms with van der Waals surface area (Å²) in [5.41, 5.74) is 3.18. The quantitative estimate of drug-likeness (QED) is 0.774. The highest BCUT2D eigenvalue weighted by Crippen LogP contribution is 2.29. The molecular formula is C20H21N3O2. The minimum atomic E-state index is -0.161. The first-order valence-corrected chi connectivity index (χ1v) is 8.65. The number of para-hydroxylation sites is 1. The van der Waals surface area contributed by atoms with E-state index < -0.39 is 0 Å². The summed E-state index contributed by atoms with van der Waals surface area (Å²) in [7, 11) is 0. The van der Waals surface area contributed by atoms with E-state index in [4.69, 9.17) is 9.40 Å². The van der Waals surface area contributed by atoms with Gasteiger partial charge in [0.25, 0.3) is 5.91 Å². The molecule has 1 aliphatic heterocycles. The summed E-state index contributed by atoms with van der Waals surface area (Å²) < 4.78 is 7.69. The molecular weight excluding hydrogens is 314 g/mol. The Labute approximate surface area is 146 Å². The first-order valence-electron chi connectivity index (χ1n) is 8.65. The highest BCUT2D eigenvalue weighted by Gasteiger charge is 2.18. The number of benzene rings is 1. The SMILES string of the molecule is Cc1cc(C(=O)Nc2ccccc2-c2cn3c(n2)CCCC3)c(C)o1. The zero-order valence-electron chi connectivity index (χ0n) is 14.5. The van der Waals surface area contributed by atoms with Gasteiger partial charge < -0.3 is 14.3 Å². The van der Waals surface area contributed by atoms with Gasteiger partial charge in [-0.1, -0.05) is 18.2 Å². The lowest BCUT2D eigenvalue weighted by atomic mass is 10.1. The number of anilines is 1. The van der Waals surface area contributed by atoms with Crippen LogP contribution < -0.4 is 5.32 Å². The highest BCUT2D eigenvalue weighted by atomic mass is 16.3. The number of aryl methyl sites for hydroxylation is 4. The van der Waals surface area contributed by atoms with E-state index >= 15 is 0 Å². The van der Waals surface area contributed by atoms with Crippen LogP contribution in [0.5, 0.6) is 0 Å². The van der Waals surface area contributed by atoms with Gasteiger partial charge in [0, 0.05) is 24.7 Å². The number of amides is 1. The second kappa shape index (κ2) is 6.24. The smallest absolute Gasteiger partial charge is 0.259 e. The molecule has 0 fully saturated rings. The molecule has 0 unspecified atom stereocenters. The monoisotopic (exact) mass is 335 g/mol. The first-order chi connectivity index (χ1) is 12.1. The van der Waals surface area contributed by atoms with Crippen molar-refractivity contribution in [2.24, 2.45) is 0 Å². The summed E-state index contributed by atoms with van der Waals surface area (Å²) in [5, 5.41) is 3.01. The molecule has 25 heavy (non-hydrogen) atoms. The molecule has 0 bridgehead atoms. The summed E-state index contributed by atoms with van der Waals surface area (Å²) in [5.74, 6) is 2.33. The number of furan rings is 1. The largest absolute Gasteiger partial charge is 0.466 e. The molecule has 2 aromatic heterocycles. The number of imidazole rings is 1. The molecule has 0 saturated heterocycles. The maximum absolute atomic E-state index is 12.6. The van der Waals surface area contributed by atoms with Crippen LogP contribution in [0.1, 0.15) is 40.5 Å². The third-order valence-corrected chi connectivity index (χ3v) is 4.65. The Morgan fingerprint density at radius 2 is 2.08 bits per heavy atom. The van der Waals surface area contributed by atoms with Gasteiger partial charge in [-0.3, -0.25) is 4.79 Å². The Hall–Kier alpha value is -2.82. The number of nitrogens with one attached hydrogen (secondary N) is 1. The first kappa shape index (κ1) is 15.7. The highest BCUT2D eigenvalue weighted by molar-refractivity contribution is 6.06. The molecule has 1 aromatic carbocycles. The second-order valence-electron chi connectivity index (χ2n) is 6.52. The van der Waals surface area contributed by atoms with Crippen molar-refractivity contribution < 1.29 is 9.21 Å². The zero-order valence-corrected chi connectivity index (χ0v) is 14.5. The normalized spacial score (nSPS) is 13.5. The summed E-state index contributed by atoms with van der Waals surface area (Å²) in [4.78, 5) is 17.4. The van der Waals surface area contributed by atoms with E-state index in [1.54, 1.807) is 13.0 Å². The molecule has 3 aromatic rings. The lowest BCUT2D eigenvalue weighted by Crippen LogP contribution is -2.12. The van der Waals surface area contributed by atoms with E-state index in [0.717, 1.165) is 41.5 Å². The van der Waals surface area contributed by atoms with Crippen molar-refractivity contribution in [3.8, 4) is 11.3 Å². The van der Waals surface area contributed by atoms with Gasteiger partial charge in [-0.25, -0.2) is 4.98 Å². The maximum atomic E-state index is 12.6. The van der Waals surface area contributed by atoms with Crippen LogP contribution in [0.2, 0.25) is 0 Å². The Morgan fingerprint density at radius 3 is 2.84 bits per heavy atom. The Kier molecular flexibility index (Phi) is 3.92. The second-order valence-corrected chi connectivity index (χ2v) is 6.52. The van der Waals surface area contributed by atoms with Crippen LogP contribution in [0.15, 0.2) is 40.9 Å². The van der Waals surface area contributed by atoms with Gasteiger partial charge in [0.05, 0.1) is 16.9 Å².